The quantitative estimate of drug-likeness (QED) is 0.807. The predicted octanol–water partition coefficient (Wildman–Crippen LogP) is 2.79. The first kappa shape index (κ1) is 19.6. The fourth-order valence-corrected chi connectivity index (χ4v) is 3.38. The predicted molar refractivity (Wildman–Crippen MR) is 105 cm³/mol. The van der Waals surface area contributed by atoms with Crippen molar-refractivity contribution in [3.63, 3.8) is 0 Å². The average molecular weight is 380 g/mol. The topological polar surface area (TPSA) is 86.7 Å². The Morgan fingerprint density at radius 3 is 2.39 bits per heavy atom. The van der Waals surface area contributed by atoms with Crippen LogP contribution in [0.4, 0.5) is 0 Å². The number of carboxylic acids is 1. The average Bonchev–Trinajstić information content (AvgIpc) is 3.19. The van der Waals surface area contributed by atoms with Crippen LogP contribution < -0.4 is 5.32 Å². The molecular weight excluding hydrogens is 356 g/mol. The summed E-state index contributed by atoms with van der Waals surface area (Å²) in [5.74, 6) is -1.78. The van der Waals surface area contributed by atoms with E-state index in [0.29, 0.717) is 18.5 Å². The number of aryl methyl sites for hydroxylation is 1. The van der Waals surface area contributed by atoms with Gasteiger partial charge in [-0.2, -0.15) is 0 Å². The maximum absolute atomic E-state index is 12.7. The molecule has 2 atom stereocenters. The van der Waals surface area contributed by atoms with Crippen LogP contribution in [0.5, 0.6) is 0 Å². The Morgan fingerprint density at radius 1 is 1.11 bits per heavy atom. The van der Waals surface area contributed by atoms with Crippen molar-refractivity contribution in [3.05, 3.63) is 71.3 Å². The van der Waals surface area contributed by atoms with Gasteiger partial charge in [0, 0.05) is 18.7 Å². The van der Waals surface area contributed by atoms with Crippen LogP contribution in [0.1, 0.15) is 40.4 Å². The summed E-state index contributed by atoms with van der Waals surface area (Å²) in [5.41, 5.74) is 2.43. The van der Waals surface area contributed by atoms with Gasteiger partial charge in [0.2, 0.25) is 5.91 Å². The van der Waals surface area contributed by atoms with E-state index < -0.39 is 17.9 Å². The molecular formula is C22H24N2O4. The summed E-state index contributed by atoms with van der Waals surface area (Å²) in [4.78, 5) is 38.1. The minimum absolute atomic E-state index is 0.0912. The molecule has 28 heavy (non-hydrogen) atoms. The molecule has 1 aliphatic heterocycles. The number of hydrogen-bond donors (Lipinski definition) is 2. The van der Waals surface area contributed by atoms with Gasteiger partial charge in [0.25, 0.3) is 5.91 Å². The molecule has 1 aliphatic rings. The van der Waals surface area contributed by atoms with Gasteiger partial charge >= 0.3 is 5.97 Å². The second kappa shape index (κ2) is 8.69. The van der Waals surface area contributed by atoms with Gasteiger partial charge in [0.15, 0.2) is 0 Å². The van der Waals surface area contributed by atoms with Crippen LogP contribution in [-0.2, 0) is 9.59 Å². The zero-order valence-corrected chi connectivity index (χ0v) is 15.8. The Bertz CT molecular complexity index is 849. The summed E-state index contributed by atoms with van der Waals surface area (Å²) >= 11 is 0. The number of hydrogen-bond acceptors (Lipinski definition) is 3. The number of aliphatic carboxylic acids is 1. The summed E-state index contributed by atoms with van der Waals surface area (Å²) < 4.78 is 0. The Labute approximate surface area is 164 Å². The number of nitrogens with zero attached hydrogens (tertiary/aromatic N) is 1. The molecule has 6 nitrogen and oxygen atoms in total. The third-order valence-electron chi connectivity index (χ3n) is 5.09. The van der Waals surface area contributed by atoms with Gasteiger partial charge in [-0.05, 0) is 31.0 Å². The highest BCUT2D eigenvalue weighted by Crippen LogP contribution is 2.22. The van der Waals surface area contributed by atoms with Crippen LogP contribution >= 0.6 is 0 Å². The zero-order chi connectivity index (χ0) is 20.1. The fourth-order valence-electron chi connectivity index (χ4n) is 3.38. The summed E-state index contributed by atoms with van der Waals surface area (Å²) in [6.45, 7) is 2.61. The lowest BCUT2D eigenvalue weighted by molar-refractivity contribution is -0.141. The van der Waals surface area contributed by atoms with E-state index in [9.17, 15) is 14.4 Å². The molecule has 2 aromatic carbocycles. The van der Waals surface area contributed by atoms with E-state index in [1.165, 1.54) is 0 Å². The SMILES string of the molecule is Cc1ccc(C(=O)NC(CC(=O)N2CCC(C(=O)O)C2)c2ccccc2)cc1. The van der Waals surface area contributed by atoms with Crippen molar-refractivity contribution in [1.82, 2.24) is 10.2 Å². The lowest BCUT2D eigenvalue weighted by Crippen LogP contribution is -2.36. The highest BCUT2D eigenvalue weighted by Gasteiger charge is 2.32. The Hall–Kier alpha value is -3.15. The van der Waals surface area contributed by atoms with E-state index >= 15 is 0 Å². The number of nitrogens with one attached hydrogen (secondary N) is 1. The van der Waals surface area contributed by atoms with Crippen LogP contribution in [0.15, 0.2) is 54.6 Å². The van der Waals surface area contributed by atoms with Crippen molar-refractivity contribution in [2.24, 2.45) is 5.92 Å². The molecule has 0 bridgehead atoms. The molecule has 3 rings (SSSR count). The Balaban J connectivity index is 1.72. The van der Waals surface area contributed by atoms with Crippen molar-refractivity contribution in [3.8, 4) is 0 Å². The number of benzene rings is 2. The minimum Gasteiger partial charge on any atom is -0.481 e. The normalized spacial score (nSPS) is 17.2. The highest BCUT2D eigenvalue weighted by molar-refractivity contribution is 5.94. The standard InChI is InChI=1S/C22H24N2O4/c1-15-7-9-17(10-8-15)21(26)23-19(16-5-3-2-4-6-16)13-20(25)24-12-11-18(14-24)22(27)28/h2-10,18-19H,11-14H2,1H3,(H,23,26)(H,27,28). The highest BCUT2D eigenvalue weighted by atomic mass is 16.4. The van der Waals surface area contributed by atoms with E-state index in [0.717, 1.165) is 11.1 Å². The van der Waals surface area contributed by atoms with Gasteiger partial charge in [-0.25, -0.2) is 0 Å². The number of amides is 2. The molecule has 0 radical (unpaired) electrons. The van der Waals surface area contributed by atoms with Crippen molar-refractivity contribution in [2.45, 2.75) is 25.8 Å². The molecule has 0 spiro atoms. The van der Waals surface area contributed by atoms with Gasteiger partial charge < -0.3 is 15.3 Å². The summed E-state index contributed by atoms with van der Waals surface area (Å²) in [7, 11) is 0. The third kappa shape index (κ3) is 4.76. The first-order valence-corrected chi connectivity index (χ1v) is 9.37. The first-order chi connectivity index (χ1) is 13.4. The molecule has 0 aromatic heterocycles. The van der Waals surface area contributed by atoms with Crippen molar-refractivity contribution >= 4 is 17.8 Å². The second-order valence-electron chi connectivity index (χ2n) is 7.17. The first-order valence-electron chi connectivity index (χ1n) is 9.37. The van der Waals surface area contributed by atoms with Gasteiger partial charge in [-0.15, -0.1) is 0 Å². The molecule has 1 heterocycles. The number of carbonyl (C=O) groups is 3. The van der Waals surface area contributed by atoms with Crippen LogP contribution in [0.2, 0.25) is 0 Å². The van der Waals surface area contributed by atoms with Crippen molar-refractivity contribution in [2.75, 3.05) is 13.1 Å². The van der Waals surface area contributed by atoms with Crippen molar-refractivity contribution < 1.29 is 19.5 Å². The molecule has 0 aliphatic carbocycles. The van der Waals surface area contributed by atoms with E-state index in [4.69, 9.17) is 5.11 Å². The van der Waals surface area contributed by atoms with Crippen LogP contribution in [-0.4, -0.2) is 40.9 Å². The van der Waals surface area contributed by atoms with Gasteiger partial charge in [-0.3, -0.25) is 14.4 Å². The summed E-state index contributed by atoms with van der Waals surface area (Å²) in [6, 6.07) is 16.1. The van der Waals surface area contributed by atoms with E-state index in [2.05, 4.69) is 5.32 Å². The second-order valence-corrected chi connectivity index (χ2v) is 7.17. The van der Waals surface area contributed by atoms with Crippen LogP contribution in [0, 0.1) is 12.8 Å². The van der Waals surface area contributed by atoms with E-state index in [1.807, 2.05) is 49.4 Å². The monoisotopic (exact) mass is 380 g/mol. The number of rotatable bonds is 6. The molecule has 2 unspecified atom stereocenters. The van der Waals surface area contributed by atoms with E-state index in [-0.39, 0.29) is 24.8 Å². The molecule has 2 N–H and O–H groups in total. The van der Waals surface area contributed by atoms with Crippen LogP contribution in [0.25, 0.3) is 0 Å². The Kier molecular flexibility index (Phi) is 6.09. The molecule has 6 heteroatoms. The van der Waals surface area contributed by atoms with Gasteiger partial charge in [0.1, 0.15) is 0 Å². The number of likely N-dealkylation sites (tertiary alicyclic amines) is 1. The maximum Gasteiger partial charge on any atom is 0.308 e. The maximum atomic E-state index is 12.7. The molecule has 146 valence electrons. The lowest BCUT2D eigenvalue weighted by Gasteiger charge is -2.23. The van der Waals surface area contributed by atoms with E-state index in [1.54, 1.807) is 17.0 Å². The molecule has 0 saturated carbocycles. The number of carbonyl (C=O) groups excluding carboxylic acids is 2. The van der Waals surface area contributed by atoms with Crippen molar-refractivity contribution in [1.29, 1.82) is 0 Å². The number of carboxylic acid groups (broad SMARTS) is 1. The molecule has 1 saturated heterocycles. The van der Waals surface area contributed by atoms with Crippen LogP contribution in [0.3, 0.4) is 0 Å². The lowest BCUT2D eigenvalue weighted by atomic mass is 10.0. The molecule has 2 amide bonds. The minimum atomic E-state index is -0.873. The smallest absolute Gasteiger partial charge is 0.308 e. The molecule has 2 aromatic rings. The van der Waals surface area contributed by atoms with Gasteiger partial charge in [0.05, 0.1) is 18.4 Å². The van der Waals surface area contributed by atoms with Gasteiger partial charge in [-0.1, -0.05) is 48.0 Å². The third-order valence-corrected chi connectivity index (χ3v) is 5.09. The Morgan fingerprint density at radius 2 is 1.79 bits per heavy atom. The zero-order valence-electron chi connectivity index (χ0n) is 15.8. The fraction of sp³-hybridized carbons (Fsp3) is 0.318. The molecule has 1 fully saturated rings. The summed E-state index contributed by atoms with van der Waals surface area (Å²) in [6.07, 6.45) is 0.556. The largest absolute Gasteiger partial charge is 0.481 e. The summed E-state index contributed by atoms with van der Waals surface area (Å²) in [5, 5.41) is 12.1.